The van der Waals surface area contributed by atoms with Gasteiger partial charge in [0.1, 0.15) is 0 Å². The zero-order valence-corrected chi connectivity index (χ0v) is 12.0. The van der Waals surface area contributed by atoms with E-state index in [-0.39, 0.29) is 18.0 Å². The molecule has 3 rings (SSSR count). The number of carbonyl (C=O) groups excluding carboxylic acids is 1. The minimum atomic E-state index is -0.550. The highest BCUT2D eigenvalue weighted by molar-refractivity contribution is 5.83. The molecule has 4 heteroatoms. The van der Waals surface area contributed by atoms with Gasteiger partial charge in [-0.15, -0.1) is 0 Å². The van der Waals surface area contributed by atoms with Gasteiger partial charge in [-0.25, -0.2) is 0 Å². The predicted molar refractivity (Wildman–Crippen MR) is 73.4 cm³/mol. The molecule has 1 amide bonds. The molecule has 2 saturated carbocycles. The lowest BCUT2D eigenvalue weighted by Gasteiger charge is -2.32. The number of fused-ring (bicyclic) bond motifs is 2. The van der Waals surface area contributed by atoms with Crippen LogP contribution in [0.3, 0.4) is 0 Å². The fourth-order valence-electron chi connectivity index (χ4n) is 4.31. The molecule has 0 aromatic carbocycles. The lowest BCUT2D eigenvalue weighted by atomic mass is 9.81. The Morgan fingerprint density at radius 3 is 2.74 bits per heavy atom. The Morgan fingerprint density at radius 1 is 1.42 bits per heavy atom. The van der Waals surface area contributed by atoms with Crippen molar-refractivity contribution in [2.24, 2.45) is 28.9 Å². The van der Waals surface area contributed by atoms with Crippen LogP contribution < -0.4 is 11.1 Å². The molecule has 0 aromatic rings. The molecule has 0 spiro atoms. The van der Waals surface area contributed by atoms with Crippen molar-refractivity contribution in [2.75, 3.05) is 13.2 Å². The first kappa shape index (κ1) is 13.4. The Morgan fingerprint density at radius 2 is 2.21 bits per heavy atom. The highest BCUT2D eigenvalue weighted by atomic mass is 16.5. The minimum Gasteiger partial charge on any atom is -0.379 e. The lowest BCUT2D eigenvalue weighted by molar-refractivity contribution is -0.131. The monoisotopic (exact) mass is 266 g/mol. The number of amides is 1. The number of rotatable bonds is 3. The number of nitrogens with one attached hydrogen (secondary N) is 1. The number of carbonyl (C=O) groups is 1. The number of hydrogen-bond acceptors (Lipinski definition) is 3. The summed E-state index contributed by atoms with van der Waals surface area (Å²) in [6.45, 7) is 5.03. The van der Waals surface area contributed by atoms with Gasteiger partial charge in [-0.3, -0.25) is 4.79 Å². The molecule has 2 bridgehead atoms. The highest BCUT2D eigenvalue weighted by Gasteiger charge is 2.47. The molecule has 3 N–H and O–H groups in total. The van der Waals surface area contributed by atoms with Crippen LogP contribution in [0.1, 0.15) is 39.5 Å². The largest absolute Gasteiger partial charge is 0.379 e. The van der Waals surface area contributed by atoms with Crippen molar-refractivity contribution < 1.29 is 9.53 Å². The van der Waals surface area contributed by atoms with E-state index in [1.54, 1.807) is 0 Å². The van der Waals surface area contributed by atoms with Crippen molar-refractivity contribution in [1.82, 2.24) is 5.32 Å². The molecule has 3 aliphatic rings. The summed E-state index contributed by atoms with van der Waals surface area (Å²) in [6.07, 6.45) is 5.43. The first-order valence-corrected chi connectivity index (χ1v) is 7.65. The van der Waals surface area contributed by atoms with Crippen LogP contribution in [-0.2, 0) is 9.53 Å². The number of ether oxygens (including phenoxy) is 1. The summed E-state index contributed by atoms with van der Waals surface area (Å²) in [5.41, 5.74) is 5.47. The van der Waals surface area contributed by atoms with Gasteiger partial charge in [0.15, 0.2) is 0 Å². The average molecular weight is 266 g/mol. The molecule has 108 valence electrons. The summed E-state index contributed by atoms with van der Waals surface area (Å²) < 4.78 is 5.36. The van der Waals surface area contributed by atoms with Gasteiger partial charge in [0.05, 0.1) is 18.6 Å². The van der Waals surface area contributed by atoms with Gasteiger partial charge >= 0.3 is 0 Å². The molecule has 6 atom stereocenters. The van der Waals surface area contributed by atoms with Gasteiger partial charge in [-0.1, -0.05) is 6.42 Å². The number of hydrogen-bond donors (Lipinski definition) is 2. The molecular formula is C15H26N2O2. The van der Waals surface area contributed by atoms with E-state index in [2.05, 4.69) is 12.2 Å². The van der Waals surface area contributed by atoms with Crippen molar-refractivity contribution in [3.63, 3.8) is 0 Å². The van der Waals surface area contributed by atoms with Crippen molar-refractivity contribution in [1.29, 1.82) is 0 Å². The van der Waals surface area contributed by atoms with Crippen molar-refractivity contribution in [2.45, 2.75) is 51.6 Å². The topological polar surface area (TPSA) is 64.3 Å². The van der Waals surface area contributed by atoms with Crippen LogP contribution in [0.15, 0.2) is 0 Å². The maximum Gasteiger partial charge on any atom is 0.230 e. The minimum absolute atomic E-state index is 0.0766. The first-order valence-electron chi connectivity index (χ1n) is 7.65. The van der Waals surface area contributed by atoms with Crippen molar-refractivity contribution in [3.8, 4) is 0 Å². The summed E-state index contributed by atoms with van der Waals surface area (Å²) in [5, 5.41) is 3.22. The van der Waals surface area contributed by atoms with Crippen LogP contribution in [0.2, 0.25) is 0 Å². The van der Waals surface area contributed by atoms with E-state index in [1.165, 1.54) is 25.7 Å². The zero-order valence-electron chi connectivity index (χ0n) is 12.0. The Balaban J connectivity index is 1.60. The second-order valence-corrected chi connectivity index (χ2v) is 7.14. The molecule has 1 saturated heterocycles. The van der Waals surface area contributed by atoms with E-state index < -0.39 is 5.41 Å². The standard InChI is InChI=1S/C15H26N2O2/c1-9(12-6-10-3-4-11(12)5-10)17-14(18)15(2)8-19-7-13(15)16/h9-13H,3-8,16H2,1-2H3,(H,17,18). The summed E-state index contributed by atoms with van der Waals surface area (Å²) in [4.78, 5) is 12.5. The molecule has 1 aliphatic heterocycles. The van der Waals surface area contributed by atoms with E-state index >= 15 is 0 Å². The summed E-state index contributed by atoms with van der Waals surface area (Å²) >= 11 is 0. The Hall–Kier alpha value is -0.610. The summed E-state index contributed by atoms with van der Waals surface area (Å²) in [7, 11) is 0. The maximum atomic E-state index is 12.5. The second-order valence-electron chi connectivity index (χ2n) is 7.14. The molecule has 2 aliphatic carbocycles. The van der Waals surface area contributed by atoms with E-state index in [1.807, 2.05) is 6.92 Å². The third kappa shape index (κ3) is 2.19. The van der Waals surface area contributed by atoms with Crippen molar-refractivity contribution >= 4 is 5.91 Å². The Labute approximate surface area is 115 Å². The van der Waals surface area contributed by atoms with Gasteiger partial charge in [0.25, 0.3) is 0 Å². The second kappa shape index (κ2) is 4.74. The van der Waals surface area contributed by atoms with Crippen molar-refractivity contribution in [3.05, 3.63) is 0 Å². The average Bonchev–Trinajstić information content (AvgIpc) is 3.06. The van der Waals surface area contributed by atoms with E-state index in [4.69, 9.17) is 10.5 Å². The third-order valence-corrected chi connectivity index (χ3v) is 5.83. The maximum absolute atomic E-state index is 12.5. The normalized spacial score (nSPS) is 46.5. The smallest absolute Gasteiger partial charge is 0.230 e. The first-order chi connectivity index (χ1) is 9.00. The van der Waals surface area contributed by atoms with E-state index in [0.717, 1.165) is 11.8 Å². The quantitative estimate of drug-likeness (QED) is 0.809. The summed E-state index contributed by atoms with van der Waals surface area (Å²) in [5.74, 6) is 2.50. The fraction of sp³-hybridized carbons (Fsp3) is 0.933. The third-order valence-electron chi connectivity index (χ3n) is 5.83. The predicted octanol–water partition coefficient (Wildman–Crippen LogP) is 1.29. The Bertz CT molecular complexity index is 373. The molecule has 19 heavy (non-hydrogen) atoms. The molecule has 1 heterocycles. The molecule has 3 fully saturated rings. The molecule has 6 unspecified atom stereocenters. The van der Waals surface area contributed by atoms with Crippen LogP contribution >= 0.6 is 0 Å². The number of nitrogens with two attached hydrogens (primary N) is 1. The van der Waals surface area contributed by atoms with Gasteiger partial charge in [-0.05, 0) is 50.9 Å². The van der Waals surface area contributed by atoms with Crippen LogP contribution in [0.25, 0.3) is 0 Å². The molecule has 0 aromatic heterocycles. The highest BCUT2D eigenvalue weighted by Crippen LogP contribution is 2.49. The zero-order chi connectivity index (χ0) is 13.6. The fourth-order valence-corrected chi connectivity index (χ4v) is 4.31. The molecular weight excluding hydrogens is 240 g/mol. The van der Waals surface area contributed by atoms with Crippen LogP contribution in [-0.4, -0.2) is 31.2 Å². The molecule has 0 radical (unpaired) electrons. The van der Waals surface area contributed by atoms with Gasteiger partial charge in [0.2, 0.25) is 5.91 Å². The van der Waals surface area contributed by atoms with Crippen LogP contribution in [0, 0.1) is 23.2 Å². The van der Waals surface area contributed by atoms with Crippen LogP contribution in [0.4, 0.5) is 0 Å². The van der Waals surface area contributed by atoms with Gasteiger partial charge in [0, 0.05) is 12.1 Å². The van der Waals surface area contributed by atoms with Crippen LogP contribution in [0.5, 0.6) is 0 Å². The summed E-state index contributed by atoms with van der Waals surface area (Å²) in [6, 6.07) is 0.0900. The Kier molecular flexibility index (Phi) is 3.34. The van der Waals surface area contributed by atoms with E-state index in [0.29, 0.717) is 19.1 Å². The lowest BCUT2D eigenvalue weighted by Crippen LogP contribution is -2.53. The molecule has 4 nitrogen and oxygen atoms in total. The SMILES string of the molecule is CC(NC(=O)C1(C)COCC1N)C1CC2CCC1C2. The van der Waals surface area contributed by atoms with Gasteiger partial charge < -0.3 is 15.8 Å². The van der Waals surface area contributed by atoms with E-state index in [9.17, 15) is 4.79 Å². The van der Waals surface area contributed by atoms with Gasteiger partial charge in [-0.2, -0.15) is 0 Å².